The van der Waals surface area contributed by atoms with Crippen molar-refractivity contribution in [1.29, 1.82) is 0 Å². The highest BCUT2D eigenvalue weighted by molar-refractivity contribution is 7.98. The molecule has 0 saturated heterocycles. The Morgan fingerprint density at radius 2 is 2.29 bits per heavy atom. The van der Waals surface area contributed by atoms with Crippen molar-refractivity contribution in [2.45, 2.75) is 24.4 Å². The van der Waals surface area contributed by atoms with Crippen molar-refractivity contribution in [2.75, 3.05) is 7.05 Å². The fourth-order valence-corrected chi connectivity index (χ4v) is 2.94. The van der Waals surface area contributed by atoms with E-state index < -0.39 is 0 Å². The number of hydrogen-bond donors (Lipinski definition) is 1. The van der Waals surface area contributed by atoms with Crippen LogP contribution in [0.2, 0.25) is 0 Å². The second-order valence-electron chi connectivity index (χ2n) is 3.63. The Balaban J connectivity index is 1.99. The molecule has 2 heterocycles. The van der Waals surface area contributed by atoms with Gasteiger partial charge in [0.1, 0.15) is 5.82 Å². The van der Waals surface area contributed by atoms with Crippen molar-refractivity contribution < 1.29 is 0 Å². The first kappa shape index (κ1) is 12.5. The second kappa shape index (κ2) is 5.61. The molecule has 0 amide bonds. The molecule has 2 aromatic heterocycles. The Hall–Kier alpha value is -0.920. The van der Waals surface area contributed by atoms with Crippen LogP contribution in [-0.2, 0) is 19.3 Å². The van der Waals surface area contributed by atoms with Gasteiger partial charge >= 0.3 is 0 Å². The molecule has 0 aliphatic rings. The van der Waals surface area contributed by atoms with Gasteiger partial charge in [-0.1, -0.05) is 11.8 Å². The topological polar surface area (TPSA) is 55.6 Å². The molecule has 0 atom stereocenters. The number of thioether (sulfide) groups is 1. The molecule has 0 aromatic carbocycles. The van der Waals surface area contributed by atoms with E-state index in [-0.39, 0.29) is 0 Å². The van der Waals surface area contributed by atoms with Crippen LogP contribution in [0.3, 0.4) is 0 Å². The van der Waals surface area contributed by atoms with Gasteiger partial charge in [-0.05, 0) is 14.0 Å². The average Bonchev–Trinajstić information content (AvgIpc) is 2.86. The van der Waals surface area contributed by atoms with E-state index in [9.17, 15) is 0 Å². The van der Waals surface area contributed by atoms with E-state index in [2.05, 4.69) is 25.9 Å². The van der Waals surface area contributed by atoms with Crippen LogP contribution >= 0.6 is 23.1 Å². The Kier molecular flexibility index (Phi) is 4.14. The molecule has 0 aliphatic carbocycles. The lowest BCUT2D eigenvalue weighted by molar-refractivity contribution is 0.682. The molecule has 0 aliphatic heterocycles. The van der Waals surface area contributed by atoms with Gasteiger partial charge in [0.2, 0.25) is 0 Å². The summed E-state index contributed by atoms with van der Waals surface area (Å²) in [4.78, 5) is 4.43. The number of aryl methyl sites for hydroxylation is 1. The van der Waals surface area contributed by atoms with Crippen molar-refractivity contribution in [3.05, 3.63) is 21.9 Å². The molecule has 0 radical (unpaired) electrons. The van der Waals surface area contributed by atoms with Gasteiger partial charge in [0.05, 0.1) is 17.2 Å². The van der Waals surface area contributed by atoms with E-state index in [1.54, 1.807) is 23.1 Å². The Morgan fingerprint density at radius 3 is 2.94 bits per heavy atom. The van der Waals surface area contributed by atoms with Crippen LogP contribution in [0, 0.1) is 6.92 Å². The summed E-state index contributed by atoms with van der Waals surface area (Å²) in [7, 11) is 3.89. The zero-order valence-corrected chi connectivity index (χ0v) is 11.7. The summed E-state index contributed by atoms with van der Waals surface area (Å²) < 4.78 is 2.01. The highest BCUT2D eigenvalue weighted by Gasteiger charge is 2.09. The first-order valence-electron chi connectivity index (χ1n) is 5.27. The molecular formula is C10H15N5S2. The van der Waals surface area contributed by atoms with Crippen molar-refractivity contribution >= 4 is 23.1 Å². The van der Waals surface area contributed by atoms with Crippen LogP contribution in [0.4, 0.5) is 0 Å². The maximum absolute atomic E-state index is 4.43. The Bertz CT molecular complexity index is 491. The average molecular weight is 269 g/mol. The lowest BCUT2D eigenvalue weighted by Crippen LogP contribution is -2.10. The summed E-state index contributed by atoms with van der Waals surface area (Å²) in [6, 6.07) is 0. The van der Waals surface area contributed by atoms with Crippen molar-refractivity contribution in [2.24, 2.45) is 7.05 Å². The van der Waals surface area contributed by atoms with Gasteiger partial charge in [-0.2, -0.15) is 0 Å². The van der Waals surface area contributed by atoms with Crippen LogP contribution in [0.5, 0.6) is 0 Å². The Labute approximate surface area is 109 Å². The summed E-state index contributed by atoms with van der Waals surface area (Å²) in [6.07, 6.45) is 0. The van der Waals surface area contributed by atoms with Crippen LogP contribution in [0.25, 0.3) is 0 Å². The van der Waals surface area contributed by atoms with Gasteiger partial charge in [0, 0.05) is 18.2 Å². The van der Waals surface area contributed by atoms with Crippen LogP contribution in [0.15, 0.2) is 10.5 Å². The van der Waals surface area contributed by atoms with E-state index in [0.717, 1.165) is 34.0 Å². The minimum absolute atomic E-state index is 0.736. The van der Waals surface area contributed by atoms with Crippen LogP contribution < -0.4 is 5.32 Å². The van der Waals surface area contributed by atoms with Crippen LogP contribution in [0.1, 0.15) is 16.5 Å². The minimum Gasteiger partial charge on any atom is -0.313 e. The molecule has 0 bridgehead atoms. The highest BCUT2D eigenvalue weighted by Crippen LogP contribution is 2.21. The first-order chi connectivity index (χ1) is 8.20. The molecule has 1 N–H and O–H groups in total. The zero-order chi connectivity index (χ0) is 12.3. The molecule has 5 nitrogen and oxygen atoms in total. The SMILES string of the molecule is CNCc1nnc(SCc2csc(C)n2)n1C. The lowest BCUT2D eigenvalue weighted by Gasteiger charge is -2.01. The number of aromatic nitrogens is 4. The molecule has 0 saturated carbocycles. The molecule has 7 heteroatoms. The Morgan fingerprint density at radius 1 is 1.47 bits per heavy atom. The number of rotatable bonds is 5. The van der Waals surface area contributed by atoms with Gasteiger partial charge in [-0.25, -0.2) is 4.98 Å². The lowest BCUT2D eigenvalue weighted by atomic mass is 10.6. The van der Waals surface area contributed by atoms with E-state index in [4.69, 9.17) is 0 Å². The molecular weight excluding hydrogens is 254 g/mol. The first-order valence-corrected chi connectivity index (χ1v) is 7.14. The second-order valence-corrected chi connectivity index (χ2v) is 5.64. The highest BCUT2D eigenvalue weighted by atomic mass is 32.2. The maximum Gasteiger partial charge on any atom is 0.191 e. The standard InChI is InChI=1S/C10H15N5S2/c1-7-12-8(5-16-7)6-17-10-14-13-9(4-11-2)15(10)3/h5,11H,4,6H2,1-3H3. The third-order valence-corrected chi connectivity index (χ3v) is 4.15. The fraction of sp³-hybridized carbons (Fsp3) is 0.500. The molecule has 92 valence electrons. The molecule has 0 unspecified atom stereocenters. The van der Waals surface area contributed by atoms with E-state index in [0.29, 0.717) is 0 Å². The summed E-state index contributed by atoms with van der Waals surface area (Å²) in [5, 5.41) is 15.5. The van der Waals surface area contributed by atoms with Crippen molar-refractivity contribution in [1.82, 2.24) is 25.1 Å². The number of hydrogen-bond acceptors (Lipinski definition) is 6. The largest absolute Gasteiger partial charge is 0.313 e. The van der Waals surface area contributed by atoms with Gasteiger partial charge in [-0.15, -0.1) is 21.5 Å². The quantitative estimate of drug-likeness (QED) is 0.835. The summed E-state index contributed by atoms with van der Waals surface area (Å²) in [5.41, 5.74) is 1.11. The van der Waals surface area contributed by atoms with Gasteiger partial charge in [0.25, 0.3) is 0 Å². The zero-order valence-electron chi connectivity index (χ0n) is 10.1. The van der Waals surface area contributed by atoms with E-state index >= 15 is 0 Å². The normalized spacial score (nSPS) is 11.0. The smallest absolute Gasteiger partial charge is 0.191 e. The summed E-state index contributed by atoms with van der Waals surface area (Å²) in [5.74, 6) is 1.79. The predicted octanol–water partition coefficient (Wildman–Crippen LogP) is 1.59. The predicted molar refractivity (Wildman–Crippen MR) is 70.2 cm³/mol. The maximum atomic E-state index is 4.43. The number of nitrogens with zero attached hydrogens (tertiary/aromatic N) is 4. The van der Waals surface area contributed by atoms with E-state index in [1.165, 1.54) is 0 Å². The molecule has 17 heavy (non-hydrogen) atoms. The molecule has 2 rings (SSSR count). The minimum atomic E-state index is 0.736. The van der Waals surface area contributed by atoms with Crippen molar-refractivity contribution in [3.63, 3.8) is 0 Å². The third kappa shape index (κ3) is 3.05. The number of thiazole rings is 1. The van der Waals surface area contributed by atoms with Gasteiger partial charge in [0.15, 0.2) is 5.16 Å². The third-order valence-electron chi connectivity index (χ3n) is 2.28. The fourth-order valence-electron chi connectivity index (χ4n) is 1.40. The van der Waals surface area contributed by atoms with Gasteiger partial charge in [-0.3, -0.25) is 0 Å². The summed E-state index contributed by atoms with van der Waals surface area (Å²) >= 11 is 3.35. The molecule has 0 fully saturated rings. The number of nitrogens with one attached hydrogen (secondary N) is 1. The monoisotopic (exact) mass is 269 g/mol. The van der Waals surface area contributed by atoms with Crippen LogP contribution in [-0.4, -0.2) is 26.8 Å². The van der Waals surface area contributed by atoms with Crippen molar-refractivity contribution in [3.8, 4) is 0 Å². The van der Waals surface area contributed by atoms with E-state index in [1.807, 2.05) is 25.6 Å². The molecule has 0 spiro atoms. The molecule has 2 aromatic rings. The van der Waals surface area contributed by atoms with Gasteiger partial charge < -0.3 is 9.88 Å². The summed E-state index contributed by atoms with van der Waals surface area (Å²) in [6.45, 7) is 2.76.